The fourth-order valence-corrected chi connectivity index (χ4v) is 1.90. The van der Waals surface area contributed by atoms with Gasteiger partial charge in [-0.25, -0.2) is 0 Å². The summed E-state index contributed by atoms with van der Waals surface area (Å²) in [6.45, 7) is 1.73. The molecule has 2 aromatic carbocycles. The Bertz CT molecular complexity index is 726. The first-order valence-electron chi connectivity index (χ1n) is 6.32. The average Bonchev–Trinajstić information content (AvgIpc) is 2.42. The summed E-state index contributed by atoms with van der Waals surface area (Å²) in [5.41, 5.74) is 11.1. The molecule has 0 atom stereocenters. The second kappa shape index (κ2) is 5.59. The average molecular weight is 309 g/mol. The minimum atomic E-state index is -4.58. The lowest BCUT2D eigenvalue weighted by Gasteiger charge is -2.13. The molecule has 0 aliphatic rings. The molecule has 1 amide bonds. The Labute approximate surface area is 124 Å². The zero-order valence-corrected chi connectivity index (χ0v) is 11.7. The number of carbonyl (C=O) groups is 1. The number of nitrogen functional groups attached to an aromatic ring is 2. The molecule has 0 aliphatic heterocycles. The third-order valence-electron chi connectivity index (χ3n) is 3.15. The number of nitrogens with two attached hydrogens (primary N) is 2. The highest BCUT2D eigenvalue weighted by Crippen LogP contribution is 2.35. The van der Waals surface area contributed by atoms with Gasteiger partial charge in [0.05, 0.1) is 5.56 Å². The summed E-state index contributed by atoms with van der Waals surface area (Å²) in [4.78, 5) is 12.1. The maximum absolute atomic E-state index is 12.8. The number of carbonyl (C=O) groups excluding carboxylic acids is 1. The molecule has 0 aromatic heterocycles. The highest BCUT2D eigenvalue weighted by Gasteiger charge is 2.33. The minimum Gasteiger partial charge on any atom is -0.399 e. The normalized spacial score (nSPS) is 11.3. The van der Waals surface area contributed by atoms with E-state index in [0.717, 1.165) is 12.1 Å². The van der Waals surface area contributed by atoms with Gasteiger partial charge in [-0.1, -0.05) is 0 Å². The molecule has 0 bridgehead atoms. The first kappa shape index (κ1) is 15.7. The van der Waals surface area contributed by atoms with Crippen LogP contribution >= 0.6 is 0 Å². The second-order valence-corrected chi connectivity index (χ2v) is 4.83. The smallest absolute Gasteiger partial charge is 0.399 e. The summed E-state index contributed by atoms with van der Waals surface area (Å²) < 4.78 is 38.3. The van der Waals surface area contributed by atoms with Crippen molar-refractivity contribution in [1.29, 1.82) is 0 Å². The number of benzene rings is 2. The third kappa shape index (κ3) is 3.30. The van der Waals surface area contributed by atoms with Crippen LogP contribution < -0.4 is 16.8 Å². The van der Waals surface area contributed by atoms with Crippen molar-refractivity contribution >= 4 is 23.0 Å². The van der Waals surface area contributed by atoms with Crippen molar-refractivity contribution in [2.75, 3.05) is 16.8 Å². The summed E-state index contributed by atoms with van der Waals surface area (Å²) in [5, 5.41) is 2.41. The summed E-state index contributed by atoms with van der Waals surface area (Å²) in [6, 6.07) is 7.84. The number of hydrogen-bond donors (Lipinski definition) is 3. The van der Waals surface area contributed by atoms with Gasteiger partial charge in [-0.2, -0.15) is 13.2 Å². The lowest BCUT2D eigenvalue weighted by atomic mass is 10.1. The van der Waals surface area contributed by atoms with Crippen LogP contribution in [0, 0.1) is 6.92 Å². The number of hydrogen-bond acceptors (Lipinski definition) is 3. The van der Waals surface area contributed by atoms with E-state index in [1.54, 1.807) is 19.1 Å². The third-order valence-corrected chi connectivity index (χ3v) is 3.15. The Morgan fingerprint density at radius 2 is 1.68 bits per heavy atom. The Hall–Kier alpha value is -2.70. The Morgan fingerprint density at radius 1 is 1.05 bits per heavy atom. The van der Waals surface area contributed by atoms with Crippen LogP contribution in [0.4, 0.5) is 30.2 Å². The summed E-state index contributed by atoms with van der Waals surface area (Å²) in [7, 11) is 0. The van der Waals surface area contributed by atoms with Gasteiger partial charge in [-0.15, -0.1) is 0 Å². The second-order valence-electron chi connectivity index (χ2n) is 4.83. The number of amides is 1. The predicted molar refractivity (Wildman–Crippen MR) is 79.4 cm³/mol. The van der Waals surface area contributed by atoms with Crippen molar-refractivity contribution in [3.05, 3.63) is 53.1 Å². The van der Waals surface area contributed by atoms with E-state index in [9.17, 15) is 18.0 Å². The zero-order valence-electron chi connectivity index (χ0n) is 11.7. The number of rotatable bonds is 2. The number of alkyl halides is 3. The van der Waals surface area contributed by atoms with Crippen LogP contribution in [0.1, 0.15) is 21.5 Å². The Balaban J connectivity index is 2.27. The van der Waals surface area contributed by atoms with Gasteiger partial charge in [0.2, 0.25) is 0 Å². The molecule has 0 saturated carbocycles. The zero-order chi connectivity index (χ0) is 16.5. The number of halogens is 3. The highest BCUT2D eigenvalue weighted by atomic mass is 19.4. The van der Waals surface area contributed by atoms with Crippen molar-refractivity contribution in [1.82, 2.24) is 0 Å². The molecule has 0 heterocycles. The molecular weight excluding hydrogens is 295 g/mol. The van der Waals surface area contributed by atoms with E-state index in [4.69, 9.17) is 11.5 Å². The van der Waals surface area contributed by atoms with Gasteiger partial charge in [0.25, 0.3) is 5.91 Å². The van der Waals surface area contributed by atoms with Crippen molar-refractivity contribution in [3.63, 3.8) is 0 Å². The quantitative estimate of drug-likeness (QED) is 0.743. The van der Waals surface area contributed by atoms with Gasteiger partial charge in [0.1, 0.15) is 0 Å². The molecule has 5 N–H and O–H groups in total. The van der Waals surface area contributed by atoms with Crippen LogP contribution in [0.2, 0.25) is 0 Å². The molecule has 0 spiro atoms. The van der Waals surface area contributed by atoms with E-state index in [-0.39, 0.29) is 5.69 Å². The Kier molecular flexibility index (Phi) is 3.99. The highest BCUT2D eigenvalue weighted by molar-refractivity contribution is 6.04. The molecule has 0 unspecified atom stereocenters. The Morgan fingerprint density at radius 3 is 2.27 bits per heavy atom. The van der Waals surface area contributed by atoms with E-state index in [1.165, 1.54) is 12.1 Å². The predicted octanol–water partition coefficient (Wildman–Crippen LogP) is 3.43. The van der Waals surface area contributed by atoms with Crippen LogP contribution in [0.5, 0.6) is 0 Å². The molecule has 0 fully saturated rings. The van der Waals surface area contributed by atoms with E-state index in [1.807, 2.05) is 0 Å². The fraction of sp³-hybridized carbons (Fsp3) is 0.133. The van der Waals surface area contributed by atoms with E-state index < -0.39 is 23.3 Å². The maximum Gasteiger partial charge on any atom is 0.418 e. The standard InChI is InChI=1S/C15H14F3N3O/c1-8-6-9(2-4-12(8)19)14(22)21-10-3-5-13(20)11(7-10)15(16,17)18/h2-7H,19-20H2,1H3,(H,21,22). The molecular formula is C15H14F3N3O. The van der Waals surface area contributed by atoms with Gasteiger partial charge >= 0.3 is 6.18 Å². The van der Waals surface area contributed by atoms with Crippen LogP contribution in [0.15, 0.2) is 36.4 Å². The summed E-state index contributed by atoms with van der Waals surface area (Å²) >= 11 is 0. The van der Waals surface area contributed by atoms with E-state index in [0.29, 0.717) is 16.8 Å². The summed E-state index contributed by atoms with van der Waals surface area (Å²) in [6.07, 6.45) is -4.58. The van der Waals surface area contributed by atoms with Crippen LogP contribution in [-0.4, -0.2) is 5.91 Å². The molecule has 116 valence electrons. The van der Waals surface area contributed by atoms with Crippen LogP contribution in [-0.2, 0) is 6.18 Å². The van der Waals surface area contributed by atoms with Gasteiger partial charge in [-0.3, -0.25) is 4.79 Å². The van der Waals surface area contributed by atoms with Gasteiger partial charge in [0, 0.05) is 22.6 Å². The van der Waals surface area contributed by atoms with E-state index in [2.05, 4.69) is 5.32 Å². The van der Waals surface area contributed by atoms with Gasteiger partial charge < -0.3 is 16.8 Å². The lowest BCUT2D eigenvalue weighted by molar-refractivity contribution is -0.136. The molecule has 0 radical (unpaired) electrons. The summed E-state index contributed by atoms with van der Waals surface area (Å²) in [5.74, 6) is -0.527. The van der Waals surface area contributed by atoms with Crippen LogP contribution in [0.25, 0.3) is 0 Å². The topological polar surface area (TPSA) is 81.1 Å². The molecule has 22 heavy (non-hydrogen) atoms. The molecule has 4 nitrogen and oxygen atoms in total. The molecule has 0 aliphatic carbocycles. The largest absolute Gasteiger partial charge is 0.418 e. The number of nitrogens with one attached hydrogen (secondary N) is 1. The molecule has 2 rings (SSSR count). The SMILES string of the molecule is Cc1cc(C(=O)Nc2ccc(N)c(C(F)(F)F)c2)ccc1N. The lowest BCUT2D eigenvalue weighted by Crippen LogP contribution is -2.14. The monoisotopic (exact) mass is 309 g/mol. The fourth-order valence-electron chi connectivity index (χ4n) is 1.90. The molecule has 0 saturated heterocycles. The van der Waals surface area contributed by atoms with Crippen molar-refractivity contribution in [3.8, 4) is 0 Å². The minimum absolute atomic E-state index is 0.0148. The first-order chi connectivity index (χ1) is 10.2. The number of anilines is 3. The van der Waals surface area contributed by atoms with Gasteiger partial charge in [-0.05, 0) is 48.9 Å². The molecule has 7 heteroatoms. The van der Waals surface area contributed by atoms with Gasteiger partial charge in [0.15, 0.2) is 0 Å². The van der Waals surface area contributed by atoms with Crippen molar-refractivity contribution < 1.29 is 18.0 Å². The van der Waals surface area contributed by atoms with Crippen molar-refractivity contribution in [2.24, 2.45) is 0 Å². The van der Waals surface area contributed by atoms with E-state index >= 15 is 0 Å². The number of aryl methyl sites for hydroxylation is 1. The van der Waals surface area contributed by atoms with Crippen LogP contribution in [0.3, 0.4) is 0 Å². The first-order valence-corrected chi connectivity index (χ1v) is 6.32. The maximum atomic E-state index is 12.8. The molecule has 2 aromatic rings. The van der Waals surface area contributed by atoms with Crippen molar-refractivity contribution in [2.45, 2.75) is 13.1 Å².